The number of hydrogen-bond acceptors (Lipinski definition) is 0. The summed E-state index contributed by atoms with van der Waals surface area (Å²) in [6.07, 6.45) is 14.1. The summed E-state index contributed by atoms with van der Waals surface area (Å²) < 4.78 is 1.42. The van der Waals surface area contributed by atoms with Crippen molar-refractivity contribution in [3.05, 3.63) is 139 Å². The third-order valence-corrected chi connectivity index (χ3v) is 9.50. The molecule has 0 nitrogen and oxygen atoms in total. The van der Waals surface area contributed by atoms with E-state index in [0.29, 0.717) is 0 Å². The maximum absolute atomic E-state index is 3.60. The molecule has 3 heteroatoms. The predicted molar refractivity (Wildman–Crippen MR) is 176 cm³/mol. The van der Waals surface area contributed by atoms with Crippen molar-refractivity contribution in [1.82, 2.24) is 0 Å². The largest absolute Gasteiger partial charge is 0.126 e. The molecule has 3 atom stereocenters. The maximum atomic E-state index is 3.60. The maximum Gasteiger partial charge on any atom is -0.0771 e. The van der Waals surface area contributed by atoms with Crippen LogP contribution >= 0.6 is 0 Å². The first kappa shape index (κ1) is 37.0. The minimum absolute atomic E-state index is 0. The summed E-state index contributed by atoms with van der Waals surface area (Å²) in [4.78, 5) is 0. The van der Waals surface area contributed by atoms with Crippen molar-refractivity contribution < 1.29 is 49.0 Å². The van der Waals surface area contributed by atoms with E-state index in [1.807, 2.05) is 0 Å². The van der Waals surface area contributed by atoms with Gasteiger partial charge in [-0.2, -0.15) is 5.92 Å². The van der Waals surface area contributed by atoms with E-state index in [4.69, 9.17) is 0 Å². The molecule has 224 valence electrons. The van der Waals surface area contributed by atoms with Crippen LogP contribution < -0.4 is 24.8 Å². The van der Waals surface area contributed by atoms with Gasteiger partial charge in [0.1, 0.15) is 0 Å². The summed E-state index contributed by atoms with van der Waals surface area (Å²) >= 11 is 1.46. The van der Waals surface area contributed by atoms with Crippen molar-refractivity contribution >= 4 is 24.8 Å². The molecule has 0 aromatic heterocycles. The smallest absolute Gasteiger partial charge is 0.0771 e. The molecule has 0 bridgehead atoms. The summed E-state index contributed by atoms with van der Waals surface area (Å²) in [5, 5.41) is 5.39. The van der Waals surface area contributed by atoms with Crippen molar-refractivity contribution in [2.75, 3.05) is 0 Å². The molecule has 0 saturated carbocycles. The normalized spacial score (nSPS) is 16.7. The molecule has 6 rings (SSSR count). The van der Waals surface area contributed by atoms with Crippen molar-refractivity contribution in [3.8, 4) is 0 Å². The average Bonchev–Trinajstić information content (AvgIpc) is 3.60. The van der Waals surface area contributed by atoms with Gasteiger partial charge in [0, 0.05) is 0 Å². The van der Waals surface area contributed by atoms with Crippen molar-refractivity contribution in [2.45, 2.75) is 59.3 Å². The molecule has 5 aromatic carbocycles. The second-order valence-electron chi connectivity index (χ2n) is 11.1. The van der Waals surface area contributed by atoms with E-state index in [9.17, 15) is 0 Å². The molecule has 43 heavy (non-hydrogen) atoms. The molecular weight excluding hydrogens is 643 g/mol. The van der Waals surface area contributed by atoms with Crippen LogP contribution in [0.25, 0.3) is 21.5 Å². The minimum Gasteiger partial charge on any atom is -0.126 e. The van der Waals surface area contributed by atoms with E-state index in [-0.39, 0.29) is 24.8 Å². The molecular formula is C40H44Cl2Zr-2. The van der Waals surface area contributed by atoms with Gasteiger partial charge in [-0.3, -0.25) is 6.08 Å². The van der Waals surface area contributed by atoms with Gasteiger partial charge < -0.3 is 30.9 Å². The van der Waals surface area contributed by atoms with Crippen LogP contribution in [0, 0.1) is 23.8 Å². The first-order valence-corrected chi connectivity index (χ1v) is 16.7. The Morgan fingerprint density at radius 2 is 1.05 bits per heavy atom. The van der Waals surface area contributed by atoms with Crippen LogP contribution in [0.2, 0.25) is 0 Å². The third-order valence-electron chi connectivity index (χ3n) is 8.08. The van der Waals surface area contributed by atoms with Crippen LogP contribution in [0.3, 0.4) is 0 Å². The van der Waals surface area contributed by atoms with Crippen LogP contribution in [-0.2, 0) is 24.2 Å². The fraction of sp³-hybridized carbons (Fsp3) is 0.300. The Labute approximate surface area is 287 Å². The van der Waals surface area contributed by atoms with Gasteiger partial charge in [-0.25, -0.2) is 0 Å². The van der Waals surface area contributed by atoms with Gasteiger partial charge in [0.15, 0.2) is 0 Å². The number of halogens is 2. The van der Waals surface area contributed by atoms with E-state index in [1.165, 1.54) is 98.6 Å². The molecule has 1 aliphatic carbocycles. The van der Waals surface area contributed by atoms with Gasteiger partial charge >= 0.3 is 99.2 Å². The van der Waals surface area contributed by atoms with E-state index in [1.54, 1.807) is 0 Å². The van der Waals surface area contributed by atoms with E-state index in [0.717, 1.165) is 17.8 Å². The zero-order chi connectivity index (χ0) is 28.9. The molecule has 3 unspecified atom stereocenters. The van der Waals surface area contributed by atoms with Gasteiger partial charge in [-0.1, -0.05) is 101 Å². The second kappa shape index (κ2) is 20.0. The Kier molecular flexibility index (Phi) is 17.2. The molecule has 0 heterocycles. The van der Waals surface area contributed by atoms with E-state index >= 15 is 0 Å². The Morgan fingerprint density at radius 3 is 1.51 bits per heavy atom. The van der Waals surface area contributed by atoms with E-state index < -0.39 is 0 Å². The van der Waals surface area contributed by atoms with Crippen molar-refractivity contribution in [2.24, 2.45) is 17.8 Å². The molecule has 0 spiro atoms. The Balaban J connectivity index is 0.000000220. The van der Waals surface area contributed by atoms with Crippen LogP contribution in [0.15, 0.2) is 121 Å². The molecule has 0 aliphatic heterocycles. The molecule has 0 amide bonds. The first-order chi connectivity index (χ1) is 20.2. The number of benzene rings is 4. The van der Waals surface area contributed by atoms with Crippen molar-refractivity contribution in [1.29, 1.82) is 0 Å². The molecule has 0 N–H and O–H groups in total. The molecule has 0 fully saturated rings. The summed E-state index contributed by atoms with van der Waals surface area (Å²) in [5.74, 6) is 2.54. The third kappa shape index (κ3) is 10.5. The Morgan fingerprint density at radius 1 is 0.605 bits per heavy atom. The van der Waals surface area contributed by atoms with Gasteiger partial charge in [-0.05, 0) is 6.42 Å². The van der Waals surface area contributed by atoms with E-state index in [2.05, 4.69) is 148 Å². The van der Waals surface area contributed by atoms with Crippen LogP contribution in [0.5, 0.6) is 0 Å². The zero-order valence-electron chi connectivity index (χ0n) is 25.8. The Bertz CT molecular complexity index is 1400. The molecule has 1 aliphatic rings. The molecule has 5 aromatic rings. The molecule has 0 radical (unpaired) electrons. The number of rotatable bonds is 8. The summed E-state index contributed by atoms with van der Waals surface area (Å²) in [7, 11) is 0. The summed E-state index contributed by atoms with van der Waals surface area (Å²) in [6, 6.07) is 40.4. The standard InChI is InChI=1S/C14H25.C13H9.C13H10.2ClH.Zr/c1-4-7-12-10-11-13(8-5-2)14(12)9-6-3;1-3-7-12-10(5-1)9-11-6-2-4-8-13(11)12;1-3-7-12(8-4-1)11-13-9-5-2-6-10-13;;;/h10,12-14H,4-9H2,1-3H3;1-9H;1-10H;2*1H;/q2*-1;;;;+2/p-2. The van der Waals surface area contributed by atoms with Gasteiger partial charge in [0.05, 0.1) is 0 Å². The fourth-order valence-corrected chi connectivity index (χ4v) is 6.88. The Hall–Kier alpha value is -2.18. The van der Waals surface area contributed by atoms with Gasteiger partial charge in [0.25, 0.3) is 0 Å². The van der Waals surface area contributed by atoms with Gasteiger partial charge in [0.2, 0.25) is 0 Å². The fourth-order valence-electron chi connectivity index (χ4n) is 6.06. The quantitative estimate of drug-likeness (QED) is 0.199. The second-order valence-corrected chi connectivity index (χ2v) is 12.3. The van der Waals surface area contributed by atoms with Crippen LogP contribution in [0.4, 0.5) is 0 Å². The van der Waals surface area contributed by atoms with Crippen LogP contribution in [0.1, 0.15) is 70.4 Å². The predicted octanol–water partition coefficient (Wildman–Crippen LogP) is 5.13. The van der Waals surface area contributed by atoms with Crippen LogP contribution in [-0.4, -0.2) is 3.21 Å². The van der Waals surface area contributed by atoms with Gasteiger partial charge in [-0.15, -0.1) is 39.7 Å². The summed E-state index contributed by atoms with van der Waals surface area (Å²) in [5.41, 5.74) is 2.66. The molecule has 0 saturated heterocycles. The average molecular weight is 687 g/mol. The SMILES string of the molecule is CCCC1[C-]=CC(CCC)C1CCC.[Cl-].[Cl-].[Zr+2]=[C](c1ccccc1)c1ccccc1.c1ccc2c(c1)[cH-]c1ccccc12. The van der Waals surface area contributed by atoms with Crippen molar-refractivity contribution in [3.63, 3.8) is 0 Å². The first-order valence-electron chi connectivity index (χ1n) is 15.5. The number of allylic oxidation sites excluding steroid dienone is 2. The minimum atomic E-state index is 0. The number of fused-ring (bicyclic) bond motifs is 3. The monoisotopic (exact) mass is 684 g/mol. The number of hydrogen-bond donors (Lipinski definition) is 0. The summed E-state index contributed by atoms with van der Waals surface area (Å²) in [6.45, 7) is 6.89. The zero-order valence-corrected chi connectivity index (χ0v) is 29.7. The topological polar surface area (TPSA) is 0 Å².